The second-order valence-corrected chi connectivity index (χ2v) is 3.22. The van der Waals surface area contributed by atoms with Crippen molar-refractivity contribution >= 4 is 5.69 Å². The quantitative estimate of drug-likeness (QED) is 0.658. The summed E-state index contributed by atoms with van der Waals surface area (Å²) in [6.45, 7) is 11.7. The number of hydrogen-bond acceptors (Lipinski definition) is 1. The summed E-state index contributed by atoms with van der Waals surface area (Å²) < 4.78 is 5.57. The van der Waals surface area contributed by atoms with Gasteiger partial charge in [-0.05, 0) is 18.9 Å². The second kappa shape index (κ2) is 5.41. The molecule has 0 heterocycles. The molecule has 0 saturated carbocycles. The van der Waals surface area contributed by atoms with E-state index in [0.29, 0.717) is 5.69 Å². The third-order valence-electron chi connectivity index (χ3n) is 2.06. The van der Waals surface area contributed by atoms with Gasteiger partial charge in [0.15, 0.2) is 5.69 Å². The van der Waals surface area contributed by atoms with Crippen molar-refractivity contribution in [1.29, 1.82) is 0 Å². The molecule has 74 valence electrons. The Balaban J connectivity index is 2.63. The van der Waals surface area contributed by atoms with Gasteiger partial charge in [0.25, 0.3) is 0 Å². The number of rotatable bonds is 4. The highest BCUT2D eigenvalue weighted by molar-refractivity contribution is 5.45. The van der Waals surface area contributed by atoms with Gasteiger partial charge in [0.2, 0.25) is 0 Å². The Morgan fingerprint density at radius 3 is 2.50 bits per heavy atom. The Morgan fingerprint density at radius 2 is 2.00 bits per heavy atom. The topological polar surface area (TPSA) is 13.6 Å². The van der Waals surface area contributed by atoms with E-state index < -0.39 is 0 Å². The van der Waals surface area contributed by atoms with E-state index in [1.807, 2.05) is 31.2 Å². The lowest BCUT2D eigenvalue weighted by molar-refractivity contribution is 0.0663. The van der Waals surface area contributed by atoms with Crippen LogP contribution in [-0.4, -0.2) is 6.61 Å². The van der Waals surface area contributed by atoms with E-state index in [1.54, 1.807) is 0 Å². The van der Waals surface area contributed by atoms with Gasteiger partial charge in [0.05, 0.1) is 12.7 Å². The third kappa shape index (κ3) is 2.86. The van der Waals surface area contributed by atoms with Gasteiger partial charge in [0.1, 0.15) is 0 Å². The Bertz CT molecular complexity index is 310. The van der Waals surface area contributed by atoms with E-state index in [1.165, 1.54) is 0 Å². The van der Waals surface area contributed by atoms with E-state index in [2.05, 4.69) is 11.8 Å². The summed E-state index contributed by atoms with van der Waals surface area (Å²) in [5, 5.41) is 0. The summed E-state index contributed by atoms with van der Waals surface area (Å²) >= 11 is 0. The summed E-state index contributed by atoms with van der Waals surface area (Å²) in [6, 6.07) is 7.56. The molecule has 0 bridgehead atoms. The molecule has 0 aliphatic rings. The van der Waals surface area contributed by atoms with Crippen LogP contribution in [-0.2, 0) is 4.74 Å². The summed E-state index contributed by atoms with van der Waals surface area (Å²) in [6.07, 6.45) is 1.15. The highest BCUT2D eigenvalue weighted by Gasteiger charge is 2.04. The minimum absolute atomic E-state index is 0.120. The molecule has 2 heteroatoms. The van der Waals surface area contributed by atoms with E-state index in [0.717, 1.165) is 18.6 Å². The van der Waals surface area contributed by atoms with Crippen LogP contribution < -0.4 is 0 Å². The van der Waals surface area contributed by atoms with Gasteiger partial charge < -0.3 is 4.74 Å². The summed E-state index contributed by atoms with van der Waals surface area (Å²) in [5.41, 5.74) is 1.81. The predicted octanol–water partition coefficient (Wildman–Crippen LogP) is 3.72. The number of benzene rings is 1. The van der Waals surface area contributed by atoms with Gasteiger partial charge in [-0.15, -0.1) is 0 Å². The molecule has 0 spiro atoms. The first-order valence-corrected chi connectivity index (χ1v) is 4.87. The fraction of sp³-hybridized carbons (Fsp3) is 0.417. The summed E-state index contributed by atoms with van der Waals surface area (Å²) in [5.74, 6) is 0. The molecule has 2 nitrogen and oxygen atoms in total. The van der Waals surface area contributed by atoms with Crippen LogP contribution in [0, 0.1) is 6.57 Å². The van der Waals surface area contributed by atoms with Crippen molar-refractivity contribution < 1.29 is 4.74 Å². The maximum Gasteiger partial charge on any atom is 0.187 e. The smallest absolute Gasteiger partial charge is 0.187 e. The average molecular weight is 189 g/mol. The second-order valence-electron chi connectivity index (χ2n) is 3.22. The first kappa shape index (κ1) is 10.7. The standard InChI is InChI=1S/C12H15NO/c1-4-9-14-10(2)11-5-7-12(13-3)8-6-11/h5-8,10H,4,9H2,1-2H3. The van der Waals surface area contributed by atoms with Crippen LogP contribution >= 0.6 is 0 Å². The Labute approximate surface area is 85.3 Å². The molecule has 1 unspecified atom stereocenters. The van der Waals surface area contributed by atoms with Crippen molar-refractivity contribution in [2.45, 2.75) is 26.4 Å². The monoisotopic (exact) mass is 189 g/mol. The molecular weight excluding hydrogens is 174 g/mol. The minimum atomic E-state index is 0.120. The maximum absolute atomic E-state index is 6.83. The van der Waals surface area contributed by atoms with E-state index in [4.69, 9.17) is 11.3 Å². The highest BCUT2D eigenvalue weighted by atomic mass is 16.5. The third-order valence-corrected chi connectivity index (χ3v) is 2.06. The first-order valence-electron chi connectivity index (χ1n) is 4.87. The van der Waals surface area contributed by atoms with E-state index in [9.17, 15) is 0 Å². The molecule has 0 aliphatic carbocycles. The van der Waals surface area contributed by atoms with Gasteiger partial charge in [-0.2, -0.15) is 0 Å². The van der Waals surface area contributed by atoms with E-state index in [-0.39, 0.29) is 6.10 Å². The summed E-state index contributed by atoms with van der Waals surface area (Å²) in [7, 11) is 0. The summed E-state index contributed by atoms with van der Waals surface area (Å²) in [4.78, 5) is 3.34. The molecule has 14 heavy (non-hydrogen) atoms. The van der Waals surface area contributed by atoms with Crippen LogP contribution in [0.3, 0.4) is 0 Å². The number of nitrogens with zero attached hydrogens (tertiary/aromatic N) is 1. The fourth-order valence-electron chi connectivity index (χ4n) is 1.21. The van der Waals surface area contributed by atoms with Crippen LogP contribution in [0.4, 0.5) is 5.69 Å². The van der Waals surface area contributed by atoms with Crippen molar-refractivity contribution in [3.63, 3.8) is 0 Å². The lowest BCUT2D eigenvalue weighted by Crippen LogP contribution is -2.00. The molecule has 0 aromatic heterocycles. The molecule has 1 aromatic carbocycles. The molecule has 0 saturated heterocycles. The largest absolute Gasteiger partial charge is 0.374 e. The van der Waals surface area contributed by atoms with Crippen LogP contribution in [0.1, 0.15) is 31.9 Å². The maximum atomic E-state index is 6.83. The van der Waals surface area contributed by atoms with Gasteiger partial charge in [0, 0.05) is 6.61 Å². The lowest BCUT2D eigenvalue weighted by Gasteiger charge is -2.12. The Hall–Kier alpha value is -1.33. The van der Waals surface area contributed by atoms with Crippen molar-refractivity contribution in [2.24, 2.45) is 0 Å². The Kier molecular flexibility index (Phi) is 4.15. The van der Waals surface area contributed by atoms with Crippen molar-refractivity contribution in [3.05, 3.63) is 41.2 Å². The normalized spacial score (nSPS) is 12.1. The van der Waals surface area contributed by atoms with Crippen LogP contribution in [0.15, 0.2) is 24.3 Å². The fourth-order valence-corrected chi connectivity index (χ4v) is 1.21. The van der Waals surface area contributed by atoms with Crippen LogP contribution in [0.25, 0.3) is 4.85 Å². The number of ether oxygens (including phenoxy) is 1. The zero-order valence-electron chi connectivity index (χ0n) is 8.66. The molecular formula is C12H15NO. The zero-order chi connectivity index (χ0) is 10.4. The molecule has 1 aromatic rings. The molecule has 0 N–H and O–H groups in total. The molecule has 1 rings (SSSR count). The minimum Gasteiger partial charge on any atom is -0.374 e. The van der Waals surface area contributed by atoms with Gasteiger partial charge >= 0.3 is 0 Å². The van der Waals surface area contributed by atoms with Crippen molar-refractivity contribution in [1.82, 2.24) is 0 Å². The van der Waals surface area contributed by atoms with Gasteiger partial charge in [-0.1, -0.05) is 31.2 Å². The van der Waals surface area contributed by atoms with Crippen molar-refractivity contribution in [3.8, 4) is 0 Å². The Morgan fingerprint density at radius 1 is 1.36 bits per heavy atom. The molecule has 0 amide bonds. The first-order chi connectivity index (χ1) is 6.77. The van der Waals surface area contributed by atoms with E-state index >= 15 is 0 Å². The molecule has 0 radical (unpaired) electrons. The lowest BCUT2D eigenvalue weighted by atomic mass is 10.1. The van der Waals surface area contributed by atoms with Gasteiger partial charge in [-0.25, -0.2) is 4.85 Å². The molecule has 1 atom stereocenters. The van der Waals surface area contributed by atoms with Crippen LogP contribution in [0.5, 0.6) is 0 Å². The zero-order valence-corrected chi connectivity index (χ0v) is 8.66. The van der Waals surface area contributed by atoms with Gasteiger partial charge in [-0.3, -0.25) is 0 Å². The van der Waals surface area contributed by atoms with Crippen molar-refractivity contribution in [2.75, 3.05) is 6.61 Å². The van der Waals surface area contributed by atoms with Crippen LogP contribution in [0.2, 0.25) is 0 Å². The predicted molar refractivity (Wildman–Crippen MR) is 57.4 cm³/mol. The molecule has 0 fully saturated rings. The highest BCUT2D eigenvalue weighted by Crippen LogP contribution is 2.20. The number of hydrogen-bond donors (Lipinski definition) is 0. The SMILES string of the molecule is [C-]#[N+]c1ccc(C(C)OCCC)cc1. The average Bonchev–Trinajstić information content (AvgIpc) is 2.26. The molecule has 0 aliphatic heterocycles.